The standard InChI is InChI=1S/C15H21N5O/c1-12(21)13-7-9-19(10-8-13)11-15-16-17-18-20(15)14-5-3-2-4-6-14/h2-6,12-13,21H,7-11H2,1H3. The number of hydrogen-bond acceptors (Lipinski definition) is 5. The molecule has 112 valence electrons. The number of likely N-dealkylation sites (tertiary alicyclic amines) is 1. The first-order valence-electron chi connectivity index (χ1n) is 7.47. The molecule has 21 heavy (non-hydrogen) atoms. The van der Waals surface area contributed by atoms with Crippen LogP contribution in [0.3, 0.4) is 0 Å². The molecule has 3 rings (SSSR count). The fourth-order valence-corrected chi connectivity index (χ4v) is 2.87. The molecule has 1 unspecified atom stereocenters. The average Bonchev–Trinajstić information content (AvgIpc) is 2.97. The quantitative estimate of drug-likeness (QED) is 0.917. The van der Waals surface area contributed by atoms with Crippen LogP contribution in [-0.2, 0) is 6.54 Å². The minimum absolute atomic E-state index is 0.207. The van der Waals surface area contributed by atoms with Gasteiger partial charge in [0.05, 0.1) is 18.3 Å². The lowest BCUT2D eigenvalue weighted by atomic mass is 9.92. The fraction of sp³-hybridized carbons (Fsp3) is 0.533. The molecule has 0 bridgehead atoms. The molecule has 0 radical (unpaired) electrons. The largest absolute Gasteiger partial charge is 0.393 e. The van der Waals surface area contributed by atoms with E-state index in [-0.39, 0.29) is 6.10 Å². The molecule has 6 heteroatoms. The number of piperidine rings is 1. The molecule has 6 nitrogen and oxygen atoms in total. The topological polar surface area (TPSA) is 67.1 Å². The number of aliphatic hydroxyl groups is 1. The maximum atomic E-state index is 9.66. The van der Waals surface area contributed by atoms with Gasteiger partial charge in [0.1, 0.15) is 0 Å². The lowest BCUT2D eigenvalue weighted by molar-refractivity contribution is 0.0685. The van der Waals surface area contributed by atoms with Crippen molar-refractivity contribution in [3.8, 4) is 5.69 Å². The molecule has 1 saturated heterocycles. The maximum absolute atomic E-state index is 9.66. The van der Waals surface area contributed by atoms with Gasteiger partial charge in [0.2, 0.25) is 0 Å². The summed E-state index contributed by atoms with van der Waals surface area (Å²) in [4.78, 5) is 2.35. The Morgan fingerprint density at radius 1 is 1.24 bits per heavy atom. The van der Waals surface area contributed by atoms with E-state index in [1.807, 2.05) is 37.3 Å². The third kappa shape index (κ3) is 3.28. The first kappa shape index (κ1) is 14.2. The van der Waals surface area contributed by atoms with Crippen LogP contribution in [0.5, 0.6) is 0 Å². The fourth-order valence-electron chi connectivity index (χ4n) is 2.87. The molecule has 1 aromatic heterocycles. The number of tetrazole rings is 1. The Morgan fingerprint density at radius 3 is 2.62 bits per heavy atom. The van der Waals surface area contributed by atoms with Gasteiger partial charge >= 0.3 is 0 Å². The van der Waals surface area contributed by atoms with E-state index < -0.39 is 0 Å². The van der Waals surface area contributed by atoms with Gasteiger partial charge in [0.15, 0.2) is 5.82 Å². The van der Waals surface area contributed by atoms with E-state index in [1.54, 1.807) is 4.68 Å². The summed E-state index contributed by atoms with van der Waals surface area (Å²) in [5.41, 5.74) is 0.983. The van der Waals surface area contributed by atoms with Gasteiger partial charge in [-0.15, -0.1) is 5.10 Å². The highest BCUT2D eigenvalue weighted by atomic mass is 16.3. The van der Waals surface area contributed by atoms with E-state index >= 15 is 0 Å². The summed E-state index contributed by atoms with van der Waals surface area (Å²) in [6.45, 7) is 4.60. The second kappa shape index (κ2) is 6.32. The highest BCUT2D eigenvalue weighted by molar-refractivity contribution is 5.30. The van der Waals surface area contributed by atoms with Crippen molar-refractivity contribution in [1.82, 2.24) is 25.1 Å². The SMILES string of the molecule is CC(O)C1CCN(Cc2nnnn2-c2ccccc2)CC1. The summed E-state index contributed by atoms with van der Waals surface area (Å²) in [5, 5.41) is 21.7. The van der Waals surface area contributed by atoms with Crippen molar-refractivity contribution in [1.29, 1.82) is 0 Å². The van der Waals surface area contributed by atoms with Crippen molar-refractivity contribution in [3.63, 3.8) is 0 Å². The molecule has 1 fully saturated rings. The monoisotopic (exact) mass is 287 g/mol. The van der Waals surface area contributed by atoms with Crippen LogP contribution in [0.1, 0.15) is 25.6 Å². The molecule has 1 aliphatic heterocycles. The van der Waals surface area contributed by atoms with Gasteiger partial charge in [0, 0.05) is 0 Å². The zero-order valence-electron chi connectivity index (χ0n) is 12.3. The number of para-hydroxylation sites is 1. The Balaban J connectivity index is 1.66. The minimum atomic E-state index is -0.207. The summed E-state index contributed by atoms with van der Waals surface area (Å²) in [6, 6.07) is 9.94. The van der Waals surface area contributed by atoms with Crippen molar-refractivity contribution < 1.29 is 5.11 Å². The molecule has 1 N–H and O–H groups in total. The normalized spacial score (nSPS) is 18.8. The van der Waals surface area contributed by atoms with Crippen LogP contribution >= 0.6 is 0 Å². The highest BCUT2D eigenvalue weighted by Gasteiger charge is 2.23. The second-order valence-corrected chi connectivity index (χ2v) is 5.70. The van der Waals surface area contributed by atoms with Crippen molar-refractivity contribution in [2.45, 2.75) is 32.4 Å². The Bertz CT molecular complexity index is 560. The molecule has 2 heterocycles. The Kier molecular flexibility index (Phi) is 4.26. The molecule has 1 aromatic carbocycles. The Labute approximate surface area is 124 Å². The lowest BCUT2D eigenvalue weighted by Crippen LogP contribution is -2.37. The molecule has 1 atom stereocenters. The molecular formula is C15H21N5O. The zero-order valence-corrected chi connectivity index (χ0v) is 12.3. The van der Waals surface area contributed by atoms with Crippen LogP contribution in [0.2, 0.25) is 0 Å². The summed E-state index contributed by atoms with van der Waals surface area (Å²) < 4.78 is 1.79. The third-order valence-electron chi connectivity index (χ3n) is 4.21. The van der Waals surface area contributed by atoms with Gasteiger partial charge in [-0.05, 0) is 61.3 Å². The average molecular weight is 287 g/mol. The van der Waals surface area contributed by atoms with E-state index in [0.29, 0.717) is 5.92 Å². The predicted molar refractivity (Wildman–Crippen MR) is 78.8 cm³/mol. The Morgan fingerprint density at radius 2 is 1.95 bits per heavy atom. The van der Waals surface area contributed by atoms with Gasteiger partial charge in [-0.25, -0.2) is 0 Å². The van der Waals surface area contributed by atoms with E-state index in [1.165, 1.54) is 0 Å². The molecule has 0 spiro atoms. The van der Waals surface area contributed by atoms with Gasteiger partial charge in [-0.1, -0.05) is 18.2 Å². The first-order valence-corrected chi connectivity index (χ1v) is 7.47. The second-order valence-electron chi connectivity index (χ2n) is 5.70. The zero-order chi connectivity index (χ0) is 14.7. The van der Waals surface area contributed by atoms with E-state index in [4.69, 9.17) is 0 Å². The van der Waals surface area contributed by atoms with Crippen molar-refractivity contribution >= 4 is 0 Å². The number of rotatable bonds is 4. The van der Waals surface area contributed by atoms with Gasteiger partial charge in [0.25, 0.3) is 0 Å². The van der Waals surface area contributed by atoms with Crippen molar-refractivity contribution in [3.05, 3.63) is 36.2 Å². The third-order valence-corrected chi connectivity index (χ3v) is 4.21. The summed E-state index contributed by atoms with van der Waals surface area (Å²) in [7, 11) is 0. The number of benzene rings is 1. The van der Waals surface area contributed by atoms with Gasteiger partial charge in [-0.3, -0.25) is 4.90 Å². The number of aromatic nitrogens is 4. The smallest absolute Gasteiger partial charge is 0.170 e. The molecule has 0 amide bonds. The molecule has 2 aromatic rings. The van der Waals surface area contributed by atoms with Crippen LogP contribution in [0.25, 0.3) is 5.69 Å². The number of hydrogen-bond donors (Lipinski definition) is 1. The van der Waals surface area contributed by atoms with Crippen LogP contribution in [0.15, 0.2) is 30.3 Å². The first-order chi connectivity index (χ1) is 10.2. The van der Waals surface area contributed by atoms with Gasteiger partial charge < -0.3 is 5.11 Å². The lowest BCUT2D eigenvalue weighted by Gasteiger charge is -2.32. The summed E-state index contributed by atoms with van der Waals surface area (Å²) >= 11 is 0. The molecule has 0 aliphatic carbocycles. The van der Waals surface area contributed by atoms with Crippen LogP contribution in [0.4, 0.5) is 0 Å². The van der Waals surface area contributed by atoms with Crippen LogP contribution < -0.4 is 0 Å². The highest BCUT2D eigenvalue weighted by Crippen LogP contribution is 2.21. The Hall–Kier alpha value is -1.79. The van der Waals surface area contributed by atoms with E-state index in [9.17, 15) is 5.11 Å². The molecular weight excluding hydrogens is 266 g/mol. The number of aliphatic hydroxyl groups excluding tert-OH is 1. The van der Waals surface area contributed by atoms with E-state index in [2.05, 4.69) is 20.4 Å². The summed E-state index contributed by atoms with van der Waals surface area (Å²) in [5.74, 6) is 1.28. The van der Waals surface area contributed by atoms with Crippen LogP contribution in [0, 0.1) is 5.92 Å². The maximum Gasteiger partial charge on any atom is 0.170 e. The summed E-state index contributed by atoms with van der Waals surface area (Å²) in [6.07, 6.45) is 1.86. The molecule has 0 saturated carbocycles. The van der Waals surface area contributed by atoms with Crippen molar-refractivity contribution in [2.75, 3.05) is 13.1 Å². The minimum Gasteiger partial charge on any atom is -0.393 e. The predicted octanol–water partition coefficient (Wildman–Crippen LogP) is 1.26. The van der Waals surface area contributed by atoms with Crippen molar-refractivity contribution in [2.24, 2.45) is 5.92 Å². The van der Waals surface area contributed by atoms with Gasteiger partial charge in [-0.2, -0.15) is 4.68 Å². The number of nitrogens with zero attached hydrogens (tertiary/aromatic N) is 5. The van der Waals surface area contributed by atoms with E-state index in [0.717, 1.165) is 44.0 Å². The molecule has 1 aliphatic rings. The van der Waals surface area contributed by atoms with Crippen LogP contribution in [-0.4, -0.2) is 49.4 Å².